The Morgan fingerprint density at radius 2 is 1.27 bits per heavy atom. The standard InChI is InChI=1S/C8H10O5S2/c1-3-5-7(14(9)10)13-8(6-4-2)15(11)12/h1-2,7-8,14-15H,5-6H2. The fourth-order valence-corrected chi connectivity index (χ4v) is 1.83. The Labute approximate surface area is 91.7 Å². The zero-order valence-corrected chi connectivity index (χ0v) is 9.45. The first-order valence-corrected chi connectivity index (χ1v) is 6.31. The van der Waals surface area contributed by atoms with Crippen LogP contribution in [0.1, 0.15) is 12.8 Å². The van der Waals surface area contributed by atoms with Gasteiger partial charge in [-0.1, -0.05) is 0 Å². The quantitative estimate of drug-likeness (QED) is 0.463. The smallest absolute Gasteiger partial charge is 0.168 e. The average Bonchev–Trinajstić information content (AvgIpc) is 2.15. The van der Waals surface area contributed by atoms with E-state index in [2.05, 4.69) is 11.8 Å². The topological polar surface area (TPSA) is 77.5 Å². The summed E-state index contributed by atoms with van der Waals surface area (Å²) in [6.45, 7) is 0. The highest BCUT2D eigenvalue weighted by atomic mass is 32.2. The van der Waals surface area contributed by atoms with Crippen molar-refractivity contribution >= 4 is 21.4 Å². The molecule has 0 fully saturated rings. The number of terminal acetylenes is 2. The molecule has 0 amide bonds. The first-order valence-electron chi connectivity index (χ1n) is 3.82. The Morgan fingerprint density at radius 1 is 0.933 bits per heavy atom. The van der Waals surface area contributed by atoms with Crippen LogP contribution in [0.25, 0.3) is 0 Å². The molecular weight excluding hydrogens is 240 g/mol. The normalized spacial score (nSPS) is 14.4. The van der Waals surface area contributed by atoms with E-state index in [9.17, 15) is 16.8 Å². The maximum atomic E-state index is 10.6. The summed E-state index contributed by atoms with van der Waals surface area (Å²) in [5.74, 6) is 4.16. The molecule has 0 aliphatic heterocycles. The van der Waals surface area contributed by atoms with Crippen LogP contribution < -0.4 is 0 Å². The van der Waals surface area contributed by atoms with Crippen LogP contribution in [0.3, 0.4) is 0 Å². The van der Waals surface area contributed by atoms with Gasteiger partial charge in [-0.3, -0.25) is 0 Å². The molecule has 0 aliphatic carbocycles. The van der Waals surface area contributed by atoms with Gasteiger partial charge in [0.15, 0.2) is 32.3 Å². The van der Waals surface area contributed by atoms with E-state index in [1.807, 2.05) is 0 Å². The second-order valence-electron chi connectivity index (χ2n) is 2.43. The van der Waals surface area contributed by atoms with Gasteiger partial charge in [-0.15, -0.1) is 24.7 Å². The van der Waals surface area contributed by atoms with Gasteiger partial charge in [0, 0.05) is 12.8 Å². The van der Waals surface area contributed by atoms with Crippen molar-refractivity contribution in [1.29, 1.82) is 0 Å². The maximum absolute atomic E-state index is 10.6. The van der Waals surface area contributed by atoms with Crippen LogP contribution in [0.4, 0.5) is 0 Å². The molecule has 0 rings (SSSR count). The molecule has 0 bridgehead atoms. The Hall–Kier alpha value is -1.02. The zero-order chi connectivity index (χ0) is 11.8. The molecule has 7 heteroatoms. The molecule has 0 spiro atoms. The Balaban J connectivity index is 4.63. The molecule has 15 heavy (non-hydrogen) atoms. The van der Waals surface area contributed by atoms with Crippen molar-refractivity contribution in [3.8, 4) is 24.7 Å². The Bertz CT molecular complexity index is 365. The van der Waals surface area contributed by atoms with E-state index in [1.165, 1.54) is 0 Å². The summed E-state index contributed by atoms with van der Waals surface area (Å²) in [7, 11) is -5.88. The van der Waals surface area contributed by atoms with Gasteiger partial charge in [0.2, 0.25) is 0 Å². The number of hydrogen-bond acceptors (Lipinski definition) is 5. The fraction of sp³-hybridized carbons (Fsp3) is 0.500. The molecule has 0 N–H and O–H groups in total. The minimum atomic E-state index is -2.94. The van der Waals surface area contributed by atoms with Crippen molar-refractivity contribution in [2.75, 3.05) is 0 Å². The SMILES string of the molecule is C#CCC(OC(CC#C)[SH](=O)=O)[SH](=O)=O. The summed E-state index contributed by atoms with van der Waals surface area (Å²) in [6, 6.07) is 0. The van der Waals surface area contributed by atoms with Crippen LogP contribution in [-0.4, -0.2) is 27.7 Å². The average molecular weight is 250 g/mol. The van der Waals surface area contributed by atoms with Crippen LogP contribution in [0.2, 0.25) is 0 Å². The van der Waals surface area contributed by atoms with Crippen molar-refractivity contribution in [2.45, 2.75) is 23.7 Å². The van der Waals surface area contributed by atoms with Crippen LogP contribution in [0.15, 0.2) is 0 Å². The lowest BCUT2D eigenvalue weighted by atomic mass is 10.4. The first-order chi connectivity index (χ1) is 7.02. The van der Waals surface area contributed by atoms with E-state index in [0.717, 1.165) is 0 Å². The van der Waals surface area contributed by atoms with Crippen molar-refractivity contribution in [3.05, 3.63) is 0 Å². The van der Waals surface area contributed by atoms with Gasteiger partial charge in [0.25, 0.3) is 0 Å². The first kappa shape index (κ1) is 14.0. The molecule has 5 nitrogen and oxygen atoms in total. The number of thiol groups is 2. The predicted octanol–water partition coefficient (Wildman–Crippen LogP) is -1.08. The summed E-state index contributed by atoms with van der Waals surface area (Å²) in [4.78, 5) is 0. The molecule has 2 unspecified atom stereocenters. The largest absolute Gasteiger partial charge is 0.342 e. The van der Waals surface area contributed by atoms with E-state index in [1.54, 1.807) is 0 Å². The molecule has 0 saturated heterocycles. The Morgan fingerprint density at radius 3 is 1.47 bits per heavy atom. The third kappa shape index (κ3) is 5.43. The summed E-state index contributed by atoms with van der Waals surface area (Å²) < 4.78 is 47.3. The zero-order valence-electron chi connectivity index (χ0n) is 7.66. The van der Waals surface area contributed by atoms with Gasteiger partial charge < -0.3 is 4.74 Å². The molecule has 2 atom stereocenters. The van der Waals surface area contributed by atoms with Gasteiger partial charge in [-0.05, 0) is 0 Å². The van der Waals surface area contributed by atoms with Gasteiger partial charge in [-0.25, -0.2) is 16.8 Å². The number of ether oxygens (including phenoxy) is 1. The lowest BCUT2D eigenvalue weighted by Crippen LogP contribution is -2.24. The molecule has 84 valence electrons. The van der Waals surface area contributed by atoms with Crippen LogP contribution in [0.5, 0.6) is 0 Å². The van der Waals surface area contributed by atoms with Crippen molar-refractivity contribution in [3.63, 3.8) is 0 Å². The van der Waals surface area contributed by atoms with Crippen molar-refractivity contribution < 1.29 is 21.6 Å². The molecule has 0 aromatic rings. The van der Waals surface area contributed by atoms with E-state index in [-0.39, 0.29) is 12.8 Å². The van der Waals surface area contributed by atoms with Gasteiger partial charge in [-0.2, -0.15) is 0 Å². The molecular formula is C8H10O5S2. The Kier molecular flexibility index (Phi) is 6.80. The second-order valence-corrected chi connectivity index (χ2v) is 4.73. The van der Waals surface area contributed by atoms with E-state index in [4.69, 9.17) is 17.6 Å². The van der Waals surface area contributed by atoms with Gasteiger partial charge in [0.05, 0.1) is 0 Å². The summed E-state index contributed by atoms with van der Waals surface area (Å²) in [5, 5.41) is 0. The number of rotatable bonds is 6. The number of hydrogen-bond donors (Lipinski definition) is 2. The lowest BCUT2D eigenvalue weighted by molar-refractivity contribution is 0.0885. The molecule has 0 aromatic carbocycles. The minimum absolute atomic E-state index is 0.205. The van der Waals surface area contributed by atoms with Crippen LogP contribution in [-0.2, 0) is 26.1 Å². The van der Waals surface area contributed by atoms with E-state index >= 15 is 0 Å². The van der Waals surface area contributed by atoms with E-state index < -0.39 is 32.3 Å². The maximum Gasteiger partial charge on any atom is 0.168 e. The third-order valence-electron chi connectivity index (χ3n) is 1.37. The summed E-state index contributed by atoms with van der Waals surface area (Å²) in [6.07, 6.45) is 9.40. The van der Waals surface area contributed by atoms with Crippen LogP contribution in [0, 0.1) is 24.7 Å². The molecule has 0 radical (unpaired) electrons. The van der Waals surface area contributed by atoms with E-state index in [0.29, 0.717) is 0 Å². The molecule has 0 aliphatic rings. The lowest BCUT2D eigenvalue weighted by Gasteiger charge is -2.13. The van der Waals surface area contributed by atoms with Crippen molar-refractivity contribution in [2.24, 2.45) is 0 Å². The second kappa shape index (κ2) is 7.30. The van der Waals surface area contributed by atoms with Gasteiger partial charge >= 0.3 is 0 Å². The molecule has 0 heterocycles. The monoisotopic (exact) mass is 250 g/mol. The predicted molar refractivity (Wildman–Crippen MR) is 56.2 cm³/mol. The molecule has 0 saturated carbocycles. The highest BCUT2D eigenvalue weighted by Gasteiger charge is 2.19. The summed E-state index contributed by atoms with van der Waals surface area (Å²) >= 11 is 0. The fourth-order valence-electron chi connectivity index (χ4n) is 0.728. The molecule has 0 aromatic heterocycles. The minimum Gasteiger partial charge on any atom is -0.342 e. The highest BCUT2D eigenvalue weighted by Crippen LogP contribution is 2.07. The summed E-state index contributed by atoms with van der Waals surface area (Å²) in [5.41, 5.74) is -2.62. The third-order valence-corrected chi connectivity index (χ3v) is 2.92. The van der Waals surface area contributed by atoms with Crippen molar-refractivity contribution in [1.82, 2.24) is 0 Å². The van der Waals surface area contributed by atoms with Crippen LogP contribution >= 0.6 is 0 Å². The van der Waals surface area contributed by atoms with Gasteiger partial charge in [0.1, 0.15) is 0 Å². The highest BCUT2D eigenvalue weighted by molar-refractivity contribution is 7.73.